The lowest BCUT2D eigenvalue weighted by atomic mass is 10.1. The normalized spacial score (nSPS) is 24.9. The van der Waals surface area contributed by atoms with E-state index >= 15 is 0 Å². The molecule has 0 spiro atoms. The van der Waals surface area contributed by atoms with Crippen LogP contribution in [0, 0.1) is 0 Å². The van der Waals surface area contributed by atoms with Gasteiger partial charge in [-0.2, -0.15) is 4.98 Å². The van der Waals surface area contributed by atoms with Crippen molar-refractivity contribution in [2.24, 2.45) is 0 Å². The summed E-state index contributed by atoms with van der Waals surface area (Å²) in [6, 6.07) is 0. The zero-order valence-electron chi connectivity index (χ0n) is 7.92. The van der Waals surface area contributed by atoms with E-state index in [1.54, 1.807) is 0 Å². The first-order valence-corrected chi connectivity index (χ1v) is 6.42. The SMILES string of the molecule is O=Cc1noc(C2CCCS(=O)(=O)C2)n1. The maximum absolute atomic E-state index is 11.4. The average Bonchev–Trinajstić information content (AvgIpc) is 2.64. The van der Waals surface area contributed by atoms with E-state index in [2.05, 4.69) is 10.1 Å². The first-order valence-electron chi connectivity index (χ1n) is 4.60. The highest BCUT2D eigenvalue weighted by atomic mass is 32.2. The summed E-state index contributed by atoms with van der Waals surface area (Å²) in [5.41, 5.74) is 0. The van der Waals surface area contributed by atoms with Crippen LogP contribution >= 0.6 is 0 Å². The summed E-state index contributed by atoms with van der Waals surface area (Å²) in [5.74, 6) is 0.212. The molecule has 1 aromatic heterocycles. The standard InChI is InChI=1S/C8H10N2O4S/c11-4-7-9-8(14-10-7)6-2-1-3-15(12,13)5-6/h4,6H,1-3,5H2. The Morgan fingerprint density at radius 2 is 2.27 bits per heavy atom. The number of carbonyl (C=O) groups is 1. The summed E-state index contributed by atoms with van der Waals surface area (Å²) in [6.45, 7) is 0. The van der Waals surface area contributed by atoms with Crippen molar-refractivity contribution in [3.63, 3.8) is 0 Å². The molecule has 1 atom stereocenters. The third-order valence-corrected chi connectivity index (χ3v) is 4.20. The zero-order chi connectivity index (χ0) is 10.9. The molecule has 1 aromatic rings. The van der Waals surface area contributed by atoms with Gasteiger partial charge in [-0.15, -0.1) is 0 Å². The Morgan fingerprint density at radius 1 is 1.47 bits per heavy atom. The van der Waals surface area contributed by atoms with Gasteiger partial charge in [-0.05, 0) is 12.8 Å². The van der Waals surface area contributed by atoms with Gasteiger partial charge in [0.25, 0.3) is 0 Å². The molecule has 0 aromatic carbocycles. The van der Waals surface area contributed by atoms with Crippen LogP contribution in [0.15, 0.2) is 4.52 Å². The Labute approximate surface area is 86.6 Å². The molecule has 0 aliphatic carbocycles. The molecular formula is C8H10N2O4S. The molecule has 0 bridgehead atoms. The minimum Gasteiger partial charge on any atom is -0.339 e. The van der Waals surface area contributed by atoms with Crippen molar-refractivity contribution in [2.45, 2.75) is 18.8 Å². The van der Waals surface area contributed by atoms with Crippen LogP contribution in [0.4, 0.5) is 0 Å². The molecule has 15 heavy (non-hydrogen) atoms. The van der Waals surface area contributed by atoms with Gasteiger partial charge in [0.2, 0.25) is 11.7 Å². The van der Waals surface area contributed by atoms with Crippen LogP contribution in [0.25, 0.3) is 0 Å². The average molecular weight is 230 g/mol. The van der Waals surface area contributed by atoms with E-state index in [1.165, 1.54) is 0 Å². The monoisotopic (exact) mass is 230 g/mol. The van der Waals surface area contributed by atoms with Crippen LogP contribution in [0.1, 0.15) is 35.3 Å². The third-order valence-electron chi connectivity index (χ3n) is 2.38. The maximum atomic E-state index is 11.4. The number of hydrogen-bond acceptors (Lipinski definition) is 6. The minimum absolute atomic E-state index is 0.0343. The lowest BCUT2D eigenvalue weighted by molar-refractivity contribution is 0.111. The van der Waals surface area contributed by atoms with Gasteiger partial charge in [0, 0.05) is 0 Å². The van der Waals surface area contributed by atoms with Crippen molar-refractivity contribution in [3.05, 3.63) is 11.7 Å². The fourth-order valence-corrected chi connectivity index (χ4v) is 3.37. The molecule has 1 saturated heterocycles. The minimum atomic E-state index is -2.99. The fraction of sp³-hybridized carbons (Fsp3) is 0.625. The molecular weight excluding hydrogens is 220 g/mol. The number of rotatable bonds is 2. The van der Waals surface area contributed by atoms with Gasteiger partial charge in [0.15, 0.2) is 16.1 Å². The molecule has 0 saturated carbocycles. The highest BCUT2D eigenvalue weighted by Crippen LogP contribution is 2.26. The Balaban J connectivity index is 2.20. The summed E-state index contributed by atoms with van der Waals surface area (Å²) >= 11 is 0. The number of nitrogens with zero attached hydrogens (tertiary/aromatic N) is 2. The van der Waals surface area contributed by atoms with Crippen molar-refractivity contribution in [1.82, 2.24) is 10.1 Å². The molecule has 0 radical (unpaired) electrons. The Bertz CT molecular complexity index is 465. The van der Waals surface area contributed by atoms with Crippen LogP contribution < -0.4 is 0 Å². The molecule has 1 fully saturated rings. The van der Waals surface area contributed by atoms with E-state index in [0.717, 1.165) is 0 Å². The van der Waals surface area contributed by atoms with Crippen molar-refractivity contribution in [1.29, 1.82) is 0 Å². The van der Waals surface area contributed by atoms with E-state index in [4.69, 9.17) is 4.52 Å². The molecule has 82 valence electrons. The highest BCUT2D eigenvalue weighted by Gasteiger charge is 2.29. The topological polar surface area (TPSA) is 90.1 Å². The van der Waals surface area contributed by atoms with E-state index in [0.29, 0.717) is 19.1 Å². The molecule has 1 aliphatic rings. The Kier molecular flexibility index (Phi) is 2.56. The number of aromatic nitrogens is 2. The van der Waals surface area contributed by atoms with E-state index in [9.17, 15) is 13.2 Å². The van der Waals surface area contributed by atoms with Crippen LogP contribution in [-0.2, 0) is 9.84 Å². The molecule has 6 nitrogen and oxygen atoms in total. The molecule has 1 aliphatic heterocycles. The van der Waals surface area contributed by atoms with Crippen LogP contribution in [0.2, 0.25) is 0 Å². The van der Waals surface area contributed by atoms with Crippen LogP contribution in [0.3, 0.4) is 0 Å². The highest BCUT2D eigenvalue weighted by molar-refractivity contribution is 7.91. The van der Waals surface area contributed by atoms with Crippen molar-refractivity contribution in [3.8, 4) is 0 Å². The van der Waals surface area contributed by atoms with Crippen LogP contribution in [-0.4, -0.2) is 36.4 Å². The van der Waals surface area contributed by atoms with E-state index < -0.39 is 9.84 Å². The zero-order valence-corrected chi connectivity index (χ0v) is 8.74. The van der Waals surface area contributed by atoms with E-state index in [-0.39, 0.29) is 29.1 Å². The summed E-state index contributed by atoms with van der Waals surface area (Å²) < 4.78 is 27.5. The molecule has 2 rings (SSSR count). The van der Waals surface area contributed by atoms with Gasteiger partial charge in [-0.3, -0.25) is 4.79 Å². The van der Waals surface area contributed by atoms with Gasteiger partial charge in [0.1, 0.15) is 0 Å². The second-order valence-electron chi connectivity index (χ2n) is 3.56. The number of hydrogen-bond donors (Lipinski definition) is 0. The lowest BCUT2D eigenvalue weighted by Crippen LogP contribution is -2.23. The number of carbonyl (C=O) groups excluding carboxylic acids is 1. The summed E-state index contributed by atoms with van der Waals surface area (Å²) in [7, 11) is -2.99. The summed E-state index contributed by atoms with van der Waals surface area (Å²) in [6.07, 6.45) is 1.79. The fourth-order valence-electron chi connectivity index (χ4n) is 1.68. The number of aldehydes is 1. The Morgan fingerprint density at radius 3 is 2.87 bits per heavy atom. The second-order valence-corrected chi connectivity index (χ2v) is 5.79. The molecule has 1 unspecified atom stereocenters. The first kappa shape index (κ1) is 10.3. The largest absolute Gasteiger partial charge is 0.339 e. The van der Waals surface area contributed by atoms with Crippen molar-refractivity contribution >= 4 is 16.1 Å². The molecule has 0 N–H and O–H groups in total. The lowest BCUT2D eigenvalue weighted by Gasteiger charge is -2.17. The van der Waals surface area contributed by atoms with E-state index in [1.807, 2.05) is 0 Å². The molecule has 2 heterocycles. The summed E-state index contributed by atoms with van der Waals surface area (Å²) in [4.78, 5) is 14.1. The number of sulfone groups is 1. The second kappa shape index (κ2) is 3.73. The quantitative estimate of drug-likeness (QED) is 0.673. The smallest absolute Gasteiger partial charge is 0.235 e. The van der Waals surface area contributed by atoms with Crippen LogP contribution in [0.5, 0.6) is 0 Å². The van der Waals surface area contributed by atoms with Gasteiger partial charge >= 0.3 is 0 Å². The Hall–Kier alpha value is -1.24. The first-order chi connectivity index (χ1) is 7.11. The van der Waals surface area contributed by atoms with Gasteiger partial charge in [-0.1, -0.05) is 5.16 Å². The molecule has 7 heteroatoms. The summed E-state index contributed by atoms with van der Waals surface area (Å²) in [5, 5.41) is 3.41. The third kappa shape index (κ3) is 2.23. The molecule has 0 amide bonds. The maximum Gasteiger partial charge on any atom is 0.235 e. The van der Waals surface area contributed by atoms with Crippen molar-refractivity contribution in [2.75, 3.05) is 11.5 Å². The predicted octanol–water partition coefficient (Wildman–Crippen LogP) is 0.174. The van der Waals surface area contributed by atoms with Gasteiger partial charge in [-0.25, -0.2) is 8.42 Å². The van der Waals surface area contributed by atoms with Gasteiger partial charge < -0.3 is 4.52 Å². The predicted molar refractivity (Wildman–Crippen MR) is 50.3 cm³/mol. The van der Waals surface area contributed by atoms with Crippen molar-refractivity contribution < 1.29 is 17.7 Å². The van der Waals surface area contributed by atoms with Gasteiger partial charge in [0.05, 0.1) is 17.4 Å².